The molecule has 0 atom stereocenters. The molecule has 88 valence electrons. The summed E-state index contributed by atoms with van der Waals surface area (Å²) in [5.41, 5.74) is 1.36. The van der Waals surface area contributed by atoms with Gasteiger partial charge in [0, 0.05) is 6.20 Å². The Kier molecular flexibility index (Phi) is 3.70. The van der Waals surface area contributed by atoms with Crippen molar-refractivity contribution in [2.75, 3.05) is 5.32 Å². The summed E-state index contributed by atoms with van der Waals surface area (Å²) >= 11 is 3.20. The van der Waals surface area contributed by atoms with Crippen molar-refractivity contribution in [3.8, 4) is 6.07 Å². The molecule has 0 fully saturated rings. The van der Waals surface area contributed by atoms with Crippen LogP contribution in [0.1, 0.15) is 15.9 Å². The van der Waals surface area contributed by atoms with Gasteiger partial charge in [-0.2, -0.15) is 5.26 Å². The zero-order chi connectivity index (χ0) is 13.0. The summed E-state index contributed by atoms with van der Waals surface area (Å²) < 4.78 is 0.663. The van der Waals surface area contributed by atoms with Gasteiger partial charge in [-0.3, -0.25) is 4.79 Å². The SMILES string of the molecule is N#Cc1ccccc1NC(=O)c1ccc(Br)nc1. The maximum Gasteiger partial charge on any atom is 0.257 e. The van der Waals surface area contributed by atoms with Gasteiger partial charge < -0.3 is 5.32 Å². The minimum atomic E-state index is -0.294. The molecule has 2 aromatic rings. The lowest BCUT2D eigenvalue weighted by atomic mass is 10.2. The van der Waals surface area contributed by atoms with Gasteiger partial charge in [0.1, 0.15) is 10.7 Å². The van der Waals surface area contributed by atoms with Crippen LogP contribution in [0.3, 0.4) is 0 Å². The molecule has 0 saturated heterocycles. The van der Waals surface area contributed by atoms with Crippen LogP contribution >= 0.6 is 15.9 Å². The molecule has 0 aliphatic carbocycles. The number of hydrogen-bond donors (Lipinski definition) is 1. The summed E-state index contributed by atoms with van der Waals surface area (Å²) in [6, 6.07) is 12.2. The summed E-state index contributed by atoms with van der Waals surface area (Å²) in [7, 11) is 0. The molecular formula is C13H8BrN3O. The number of para-hydroxylation sites is 1. The van der Waals surface area contributed by atoms with E-state index in [-0.39, 0.29) is 5.91 Å². The Morgan fingerprint density at radius 1 is 1.28 bits per heavy atom. The number of nitriles is 1. The maximum absolute atomic E-state index is 11.9. The smallest absolute Gasteiger partial charge is 0.257 e. The lowest BCUT2D eigenvalue weighted by Crippen LogP contribution is -2.13. The van der Waals surface area contributed by atoms with Crippen LogP contribution in [0.15, 0.2) is 47.2 Å². The molecule has 0 spiro atoms. The highest BCUT2D eigenvalue weighted by atomic mass is 79.9. The number of amides is 1. The van der Waals surface area contributed by atoms with Crippen LogP contribution in [0.25, 0.3) is 0 Å². The fourth-order valence-electron chi connectivity index (χ4n) is 1.39. The number of carbonyl (C=O) groups is 1. The Labute approximate surface area is 112 Å². The van der Waals surface area contributed by atoms with Crippen molar-refractivity contribution in [3.63, 3.8) is 0 Å². The minimum Gasteiger partial charge on any atom is -0.321 e. The second-order valence-electron chi connectivity index (χ2n) is 3.48. The fourth-order valence-corrected chi connectivity index (χ4v) is 1.63. The molecule has 18 heavy (non-hydrogen) atoms. The van der Waals surface area contributed by atoms with Gasteiger partial charge in [0.05, 0.1) is 16.8 Å². The number of pyridine rings is 1. The number of anilines is 1. The first-order chi connectivity index (χ1) is 8.70. The standard InChI is InChI=1S/C13H8BrN3O/c14-12-6-5-10(8-16-12)13(18)17-11-4-2-1-3-9(11)7-15/h1-6,8H,(H,17,18). The van der Waals surface area contributed by atoms with Crippen LogP contribution in [-0.2, 0) is 0 Å². The average Bonchev–Trinajstić information content (AvgIpc) is 2.40. The molecule has 0 unspecified atom stereocenters. The predicted octanol–water partition coefficient (Wildman–Crippen LogP) is 2.97. The first kappa shape index (κ1) is 12.3. The predicted molar refractivity (Wildman–Crippen MR) is 71.0 cm³/mol. The van der Waals surface area contributed by atoms with Gasteiger partial charge in [0.15, 0.2) is 0 Å². The first-order valence-corrected chi connectivity index (χ1v) is 5.92. The molecule has 1 amide bonds. The van der Waals surface area contributed by atoms with Crippen molar-refractivity contribution >= 4 is 27.5 Å². The summed E-state index contributed by atoms with van der Waals surface area (Å²) in [4.78, 5) is 15.9. The number of benzene rings is 1. The van der Waals surface area contributed by atoms with Crippen molar-refractivity contribution < 1.29 is 4.79 Å². The molecule has 0 aliphatic heterocycles. The number of nitrogens with zero attached hydrogens (tertiary/aromatic N) is 2. The monoisotopic (exact) mass is 301 g/mol. The summed E-state index contributed by atoms with van der Waals surface area (Å²) in [6.07, 6.45) is 1.47. The first-order valence-electron chi connectivity index (χ1n) is 5.13. The molecule has 4 nitrogen and oxygen atoms in total. The Bertz CT molecular complexity index is 617. The third-order valence-electron chi connectivity index (χ3n) is 2.29. The lowest BCUT2D eigenvalue weighted by molar-refractivity contribution is 0.102. The maximum atomic E-state index is 11.9. The highest BCUT2D eigenvalue weighted by molar-refractivity contribution is 9.10. The lowest BCUT2D eigenvalue weighted by Gasteiger charge is -2.06. The van der Waals surface area contributed by atoms with Crippen molar-refractivity contribution in [1.29, 1.82) is 5.26 Å². The van der Waals surface area contributed by atoms with Crippen molar-refractivity contribution in [2.45, 2.75) is 0 Å². The molecule has 1 aromatic carbocycles. The van der Waals surface area contributed by atoms with Gasteiger partial charge in [-0.1, -0.05) is 12.1 Å². The van der Waals surface area contributed by atoms with E-state index in [2.05, 4.69) is 26.2 Å². The second kappa shape index (κ2) is 5.43. The molecule has 1 aromatic heterocycles. The zero-order valence-corrected chi connectivity index (χ0v) is 10.8. The van der Waals surface area contributed by atoms with Gasteiger partial charge >= 0.3 is 0 Å². The topological polar surface area (TPSA) is 65.8 Å². The van der Waals surface area contributed by atoms with Crippen LogP contribution in [-0.4, -0.2) is 10.9 Å². The molecule has 1 N–H and O–H groups in total. The van der Waals surface area contributed by atoms with E-state index >= 15 is 0 Å². The van der Waals surface area contributed by atoms with Crippen molar-refractivity contribution in [3.05, 3.63) is 58.3 Å². The Hall–Kier alpha value is -2.19. The quantitative estimate of drug-likeness (QED) is 0.867. The molecule has 0 aliphatic rings. The van der Waals surface area contributed by atoms with E-state index in [1.807, 2.05) is 6.07 Å². The summed E-state index contributed by atoms with van der Waals surface area (Å²) in [5.74, 6) is -0.294. The normalized spacial score (nSPS) is 9.56. The van der Waals surface area contributed by atoms with Gasteiger partial charge in [0.2, 0.25) is 0 Å². The molecule has 0 bridgehead atoms. The number of carbonyl (C=O) groups excluding carboxylic acids is 1. The Morgan fingerprint density at radius 3 is 2.72 bits per heavy atom. The van der Waals surface area contributed by atoms with Gasteiger partial charge in [-0.25, -0.2) is 4.98 Å². The van der Waals surface area contributed by atoms with Crippen LogP contribution in [0.2, 0.25) is 0 Å². The van der Waals surface area contributed by atoms with Crippen molar-refractivity contribution in [2.24, 2.45) is 0 Å². The van der Waals surface area contributed by atoms with E-state index in [0.717, 1.165) is 0 Å². The Balaban J connectivity index is 2.22. The van der Waals surface area contributed by atoms with E-state index in [1.165, 1.54) is 6.20 Å². The van der Waals surface area contributed by atoms with E-state index in [9.17, 15) is 4.79 Å². The van der Waals surface area contributed by atoms with E-state index < -0.39 is 0 Å². The van der Waals surface area contributed by atoms with E-state index in [0.29, 0.717) is 21.4 Å². The zero-order valence-electron chi connectivity index (χ0n) is 9.22. The van der Waals surface area contributed by atoms with E-state index in [4.69, 9.17) is 5.26 Å². The van der Waals surface area contributed by atoms with Gasteiger partial charge in [-0.05, 0) is 40.2 Å². The number of nitrogens with one attached hydrogen (secondary N) is 1. The average molecular weight is 302 g/mol. The van der Waals surface area contributed by atoms with Crippen LogP contribution in [0.5, 0.6) is 0 Å². The number of aromatic nitrogens is 1. The highest BCUT2D eigenvalue weighted by Crippen LogP contribution is 2.15. The number of hydrogen-bond acceptors (Lipinski definition) is 3. The highest BCUT2D eigenvalue weighted by Gasteiger charge is 2.08. The molecule has 1 heterocycles. The van der Waals surface area contributed by atoms with E-state index in [1.54, 1.807) is 36.4 Å². The number of halogens is 1. The van der Waals surface area contributed by atoms with Crippen molar-refractivity contribution in [1.82, 2.24) is 4.98 Å². The molecule has 0 radical (unpaired) electrons. The molecule has 0 saturated carbocycles. The molecular weight excluding hydrogens is 294 g/mol. The third kappa shape index (κ3) is 2.73. The second-order valence-corrected chi connectivity index (χ2v) is 4.29. The van der Waals surface area contributed by atoms with Gasteiger partial charge in [-0.15, -0.1) is 0 Å². The van der Waals surface area contributed by atoms with Gasteiger partial charge in [0.25, 0.3) is 5.91 Å². The fraction of sp³-hybridized carbons (Fsp3) is 0. The Morgan fingerprint density at radius 2 is 2.06 bits per heavy atom. The minimum absolute atomic E-state index is 0.294. The largest absolute Gasteiger partial charge is 0.321 e. The molecule has 2 rings (SSSR count). The van der Waals surface area contributed by atoms with Crippen LogP contribution < -0.4 is 5.32 Å². The summed E-state index contributed by atoms with van der Waals surface area (Å²) in [5, 5.41) is 11.6. The third-order valence-corrected chi connectivity index (χ3v) is 2.75. The molecule has 5 heteroatoms. The van der Waals surface area contributed by atoms with Crippen LogP contribution in [0.4, 0.5) is 5.69 Å². The van der Waals surface area contributed by atoms with Crippen LogP contribution in [0, 0.1) is 11.3 Å². The number of rotatable bonds is 2. The summed E-state index contributed by atoms with van der Waals surface area (Å²) in [6.45, 7) is 0.